The summed E-state index contributed by atoms with van der Waals surface area (Å²) in [5.41, 5.74) is 1.68. The Labute approximate surface area is 201 Å². The maximum absolute atomic E-state index is 13.2. The second kappa shape index (κ2) is 7.86. The van der Waals surface area contributed by atoms with Gasteiger partial charge in [0, 0.05) is 18.7 Å². The predicted octanol–water partition coefficient (Wildman–Crippen LogP) is 3.40. The molecule has 3 amide bonds. The van der Waals surface area contributed by atoms with E-state index in [1.54, 1.807) is 25.1 Å². The lowest BCUT2D eigenvalue weighted by atomic mass is 9.85. The van der Waals surface area contributed by atoms with Crippen LogP contribution in [0.5, 0.6) is 5.75 Å². The summed E-state index contributed by atoms with van der Waals surface area (Å²) >= 11 is 0. The van der Waals surface area contributed by atoms with Crippen LogP contribution in [-0.2, 0) is 19.2 Å². The van der Waals surface area contributed by atoms with Crippen LogP contribution in [-0.4, -0.2) is 30.2 Å². The van der Waals surface area contributed by atoms with Crippen molar-refractivity contribution in [1.29, 1.82) is 0 Å². The van der Waals surface area contributed by atoms with Gasteiger partial charge in [0.05, 0.1) is 23.4 Å². The number of amides is 3. The number of carbonyl (C=O) groups excluding carboxylic acids is 4. The highest BCUT2D eigenvalue weighted by Crippen LogP contribution is 2.53. The standard InChI is InChI=1S/C27H23FN2O5/c1-14-10-20(35-27(34)17-12-22(31)29(13-17)19-6-4-18(28)5-7-19)8-9-21(14)30-25(32)23-15-2-3-16(11-15)24(23)26(30)33/h2-10,15-17,23-24H,11-13H2,1H3/t15-,16-,17+,23-,24+/m0/s1. The Hall–Kier alpha value is -3.81. The molecule has 5 atom stereocenters. The SMILES string of the molecule is Cc1cc(OC(=O)[C@@H]2CC(=O)N(c3ccc(F)cc3)C2)ccc1N1C(=O)[C@@H]2[C@H](C1=O)[C@H]1C=C[C@H]2C1. The van der Waals surface area contributed by atoms with E-state index < -0.39 is 17.7 Å². The van der Waals surface area contributed by atoms with E-state index in [9.17, 15) is 23.6 Å². The largest absolute Gasteiger partial charge is 0.426 e. The van der Waals surface area contributed by atoms with Crippen molar-refractivity contribution < 1.29 is 28.3 Å². The van der Waals surface area contributed by atoms with Crippen molar-refractivity contribution in [2.24, 2.45) is 29.6 Å². The third-order valence-corrected chi connectivity index (χ3v) is 7.69. The van der Waals surface area contributed by atoms with Crippen LogP contribution in [0.25, 0.3) is 0 Å². The molecule has 3 fully saturated rings. The number of benzene rings is 2. The van der Waals surface area contributed by atoms with Gasteiger partial charge in [-0.05, 0) is 73.2 Å². The Morgan fingerprint density at radius 2 is 1.63 bits per heavy atom. The first-order valence-electron chi connectivity index (χ1n) is 11.8. The van der Waals surface area contributed by atoms with Crippen molar-refractivity contribution in [3.8, 4) is 5.75 Å². The Morgan fingerprint density at radius 3 is 2.26 bits per heavy atom. The molecule has 8 heteroatoms. The molecule has 2 aromatic rings. The number of esters is 1. The number of allylic oxidation sites excluding steroid dienone is 2. The van der Waals surface area contributed by atoms with Gasteiger partial charge in [-0.1, -0.05) is 12.2 Å². The monoisotopic (exact) mass is 474 g/mol. The lowest BCUT2D eigenvalue weighted by Crippen LogP contribution is -2.33. The molecule has 6 rings (SSSR count). The zero-order chi connectivity index (χ0) is 24.4. The zero-order valence-electron chi connectivity index (χ0n) is 19.0. The Morgan fingerprint density at radius 1 is 0.971 bits per heavy atom. The minimum atomic E-state index is -0.656. The molecule has 2 aliphatic carbocycles. The van der Waals surface area contributed by atoms with Crippen molar-refractivity contribution in [3.05, 3.63) is 66.0 Å². The summed E-state index contributed by atoms with van der Waals surface area (Å²) in [4.78, 5) is 54.1. The molecule has 0 unspecified atom stereocenters. The smallest absolute Gasteiger partial charge is 0.316 e. The summed E-state index contributed by atoms with van der Waals surface area (Å²) in [5.74, 6) is -2.15. The number of nitrogens with zero attached hydrogens (tertiary/aromatic N) is 2. The minimum absolute atomic E-state index is 0.00318. The van der Waals surface area contributed by atoms with Crippen molar-refractivity contribution in [3.63, 3.8) is 0 Å². The number of fused-ring (bicyclic) bond motifs is 5. The van der Waals surface area contributed by atoms with Gasteiger partial charge in [-0.3, -0.25) is 19.2 Å². The van der Waals surface area contributed by atoms with E-state index in [2.05, 4.69) is 12.2 Å². The number of imide groups is 1. The number of anilines is 2. The fraction of sp³-hybridized carbons (Fsp3) is 0.333. The van der Waals surface area contributed by atoms with E-state index in [0.717, 1.165) is 6.42 Å². The van der Waals surface area contributed by atoms with Crippen molar-refractivity contribution in [1.82, 2.24) is 0 Å². The topological polar surface area (TPSA) is 84.0 Å². The molecule has 2 heterocycles. The molecular formula is C27H23FN2O5. The molecule has 178 valence electrons. The molecule has 0 N–H and O–H groups in total. The summed E-state index contributed by atoms with van der Waals surface area (Å²) in [7, 11) is 0. The number of rotatable bonds is 4. The molecule has 4 aliphatic rings. The molecule has 2 aromatic carbocycles. The molecule has 1 saturated carbocycles. The number of ether oxygens (including phenoxy) is 1. The molecule has 0 radical (unpaired) electrons. The highest BCUT2D eigenvalue weighted by Gasteiger charge is 2.59. The zero-order valence-corrected chi connectivity index (χ0v) is 19.0. The Kier molecular flexibility index (Phi) is 4.88. The van der Waals surface area contributed by atoms with Gasteiger partial charge < -0.3 is 9.64 Å². The minimum Gasteiger partial charge on any atom is -0.426 e. The van der Waals surface area contributed by atoms with Gasteiger partial charge in [0.1, 0.15) is 11.6 Å². The maximum Gasteiger partial charge on any atom is 0.316 e. The predicted molar refractivity (Wildman–Crippen MR) is 124 cm³/mol. The average Bonchev–Trinajstić information content (AvgIpc) is 3.59. The first-order valence-corrected chi connectivity index (χ1v) is 11.8. The van der Waals surface area contributed by atoms with E-state index in [1.807, 2.05) is 0 Å². The van der Waals surface area contributed by atoms with Crippen LogP contribution in [0.1, 0.15) is 18.4 Å². The number of hydrogen-bond acceptors (Lipinski definition) is 5. The van der Waals surface area contributed by atoms with Crippen LogP contribution in [0.3, 0.4) is 0 Å². The van der Waals surface area contributed by atoms with Gasteiger partial charge >= 0.3 is 5.97 Å². The molecule has 35 heavy (non-hydrogen) atoms. The van der Waals surface area contributed by atoms with Crippen LogP contribution in [0, 0.1) is 42.3 Å². The second-order valence-corrected chi connectivity index (χ2v) is 9.76. The summed E-state index contributed by atoms with van der Waals surface area (Å²) in [5, 5.41) is 0. The normalized spacial score (nSPS) is 28.9. The molecule has 2 aliphatic heterocycles. The highest BCUT2D eigenvalue weighted by molar-refractivity contribution is 6.23. The highest BCUT2D eigenvalue weighted by atomic mass is 19.1. The van der Waals surface area contributed by atoms with E-state index in [-0.39, 0.29) is 60.1 Å². The first-order chi connectivity index (χ1) is 16.8. The van der Waals surface area contributed by atoms with Gasteiger partial charge in [0.2, 0.25) is 17.7 Å². The first kappa shape index (κ1) is 21.7. The van der Waals surface area contributed by atoms with Crippen molar-refractivity contribution in [2.75, 3.05) is 16.3 Å². The van der Waals surface area contributed by atoms with E-state index >= 15 is 0 Å². The third-order valence-electron chi connectivity index (χ3n) is 7.69. The van der Waals surface area contributed by atoms with E-state index in [4.69, 9.17) is 4.74 Å². The average molecular weight is 474 g/mol. The molecular weight excluding hydrogens is 451 g/mol. The number of hydrogen-bond donors (Lipinski definition) is 0. The quantitative estimate of drug-likeness (QED) is 0.294. The molecule has 0 spiro atoms. The van der Waals surface area contributed by atoms with Crippen LogP contribution in [0.2, 0.25) is 0 Å². The van der Waals surface area contributed by atoms with Crippen LogP contribution >= 0.6 is 0 Å². The third kappa shape index (κ3) is 3.38. The van der Waals surface area contributed by atoms with E-state index in [1.165, 1.54) is 34.1 Å². The molecule has 2 saturated heterocycles. The van der Waals surface area contributed by atoms with Gasteiger partial charge in [0.25, 0.3) is 0 Å². The second-order valence-electron chi connectivity index (χ2n) is 9.76. The number of carbonyl (C=O) groups is 4. The Balaban J connectivity index is 1.15. The van der Waals surface area contributed by atoms with Crippen LogP contribution < -0.4 is 14.5 Å². The fourth-order valence-corrected chi connectivity index (χ4v) is 6.02. The fourth-order valence-electron chi connectivity index (χ4n) is 6.02. The lowest BCUT2D eigenvalue weighted by molar-refractivity contribution is -0.139. The van der Waals surface area contributed by atoms with E-state index in [0.29, 0.717) is 16.9 Å². The molecule has 2 bridgehead atoms. The summed E-state index contributed by atoms with van der Waals surface area (Å²) in [6.07, 6.45) is 4.99. The maximum atomic E-state index is 13.2. The van der Waals surface area contributed by atoms with Gasteiger partial charge in [-0.2, -0.15) is 0 Å². The molecule has 0 aromatic heterocycles. The number of aryl methyl sites for hydroxylation is 1. The number of halogens is 1. The van der Waals surface area contributed by atoms with Gasteiger partial charge in [-0.15, -0.1) is 0 Å². The van der Waals surface area contributed by atoms with Gasteiger partial charge in [-0.25, -0.2) is 9.29 Å². The summed E-state index contributed by atoms with van der Waals surface area (Å²) in [6, 6.07) is 10.4. The van der Waals surface area contributed by atoms with Gasteiger partial charge in [0.15, 0.2) is 0 Å². The lowest BCUT2D eigenvalue weighted by Gasteiger charge is -2.20. The van der Waals surface area contributed by atoms with Crippen LogP contribution in [0.15, 0.2) is 54.6 Å². The Bertz CT molecular complexity index is 1270. The van der Waals surface area contributed by atoms with Crippen molar-refractivity contribution in [2.45, 2.75) is 19.8 Å². The van der Waals surface area contributed by atoms with Crippen LogP contribution in [0.4, 0.5) is 15.8 Å². The summed E-state index contributed by atoms with van der Waals surface area (Å²) < 4.78 is 18.7. The summed E-state index contributed by atoms with van der Waals surface area (Å²) in [6.45, 7) is 1.92. The molecule has 7 nitrogen and oxygen atoms in total. The van der Waals surface area contributed by atoms with Crippen molar-refractivity contribution >= 4 is 35.1 Å².